The van der Waals surface area contributed by atoms with Crippen molar-refractivity contribution in [2.75, 3.05) is 0 Å². The van der Waals surface area contributed by atoms with Crippen LogP contribution in [0, 0.1) is 13.8 Å². The average Bonchev–Trinajstić information content (AvgIpc) is 2.82. The smallest absolute Gasteiger partial charge is 0.192 e. The van der Waals surface area contributed by atoms with E-state index in [0.29, 0.717) is 27.5 Å². The van der Waals surface area contributed by atoms with Crippen LogP contribution in [-0.4, -0.2) is 15.0 Å². The highest BCUT2D eigenvalue weighted by molar-refractivity contribution is 6.42. The number of aromatic nitrogens is 3. The Morgan fingerprint density at radius 3 is 2.50 bits per heavy atom. The predicted octanol–water partition coefficient (Wildman–Crippen LogP) is 4.14. The van der Waals surface area contributed by atoms with Crippen LogP contribution < -0.4 is 0 Å². The Hall–Kier alpha value is -1.52. The minimum absolute atomic E-state index is 0.479. The summed E-state index contributed by atoms with van der Waals surface area (Å²) in [5, 5.41) is 0.970. The molecule has 6 heteroatoms. The van der Waals surface area contributed by atoms with Gasteiger partial charge in [-0.1, -0.05) is 23.2 Å². The molecule has 1 aromatic carbocycles. The van der Waals surface area contributed by atoms with Gasteiger partial charge in [0.25, 0.3) is 0 Å². The van der Waals surface area contributed by atoms with Crippen molar-refractivity contribution < 1.29 is 4.42 Å². The fourth-order valence-electron chi connectivity index (χ4n) is 1.86. The number of fused-ring (bicyclic) bond motifs is 1. The number of H-pyrrole nitrogens is 1. The van der Waals surface area contributed by atoms with Gasteiger partial charge in [-0.15, -0.1) is 0 Å². The largest absolute Gasteiger partial charge is 0.437 e. The van der Waals surface area contributed by atoms with Crippen LogP contribution >= 0.6 is 23.2 Å². The van der Waals surface area contributed by atoms with Gasteiger partial charge in [-0.3, -0.25) is 0 Å². The number of aromatic amines is 1. The van der Waals surface area contributed by atoms with Crippen molar-refractivity contribution in [2.24, 2.45) is 0 Å². The number of hydrogen-bond acceptors (Lipinski definition) is 3. The molecule has 0 aliphatic rings. The number of nitrogens with one attached hydrogen (secondary N) is 1. The molecule has 0 fully saturated rings. The summed E-state index contributed by atoms with van der Waals surface area (Å²) < 4.78 is 5.52. The second-order valence-corrected chi connectivity index (χ2v) is 4.83. The molecule has 0 bridgehead atoms. The first-order valence-electron chi connectivity index (χ1n) is 5.34. The number of imidazole rings is 1. The van der Waals surface area contributed by atoms with E-state index in [-0.39, 0.29) is 0 Å². The molecule has 0 radical (unpaired) electrons. The van der Waals surface area contributed by atoms with E-state index in [4.69, 9.17) is 27.6 Å². The number of oxazole rings is 1. The molecule has 0 amide bonds. The Kier molecular flexibility index (Phi) is 2.57. The molecular formula is C12H9Cl2N3O. The zero-order valence-electron chi connectivity index (χ0n) is 9.71. The van der Waals surface area contributed by atoms with E-state index in [1.165, 1.54) is 0 Å². The summed E-state index contributed by atoms with van der Waals surface area (Å²) in [7, 11) is 0. The van der Waals surface area contributed by atoms with Crippen LogP contribution in [-0.2, 0) is 0 Å². The van der Waals surface area contributed by atoms with E-state index in [0.717, 1.165) is 16.7 Å². The van der Waals surface area contributed by atoms with Gasteiger partial charge in [0, 0.05) is 6.92 Å². The molecule has 18 heavy (non-hydrogen) atoms. The summed E-state index contributed by atoms with van der Waals surface area (Å²) in [5.74, 6) is 1.87. The molecule has 92 valence electrons. The number of halogens is 2. The highest BCUT2D eigenvalue weighted by Crippen LogP contribution is 2.29. The molecule has 2 heterocycles. The summed E-state index contributed by atoms with van der Waals surface area (Å²) in [6, 6.07) is 3.46. The molecule has 0 saturated heterocycles. The lowest BCUT2D eigenvalue weighted by Gasteiger charge is -1.93. The molecular weight excluding hydrogens is 273 g/mol. The van der Waals surface area contributed by atoms with Gasteiger partial charge in [-0.05, 0) is 19.1 Å². The fraction of sp³-hybridized carbons (Fsp3) is 0.167. The number of aryl methyl sites for hydroxylation is 2. The first-order valence-corrected chi connectivity index (χ1v) is 6.09. The van der Waals surface area contributed by atoms with E-state index >= 15 is 0 Å². The Morgan fingerprint density at radius 2 is 1.83 bits per heavy atom. The van der Waals surface area contributed by atoms with Gasteiger partial charge >= 0.3 is 0 Å². The molecule has 0 unspecified atom stereocenters. The summed E-state index contributed by atoms with van der Waals surface area (Å²) in [4.78, 5) is 11.8. The fourth-order valence-corrected chi connectivity index (χ4v) is 2.19. The summed E-state index contributed by atoms with van der Waals surface area (Å²) in [6.07, 6.45) is 0. The van der Waals surface area contributed by atoms with E-state index in [1.807, 2.05) is 6.92 Å². The summed E-state index contributed by atoms with van der Waals surface area (Å²) in [6.45, 7) is 3.67. The topological polar surface area (TPSA) is 54.7 Å². The average molecular weight is 282 g/mol. The van der Waals surface area contributed by atoms with Crippen LogP contribution in [0.15, 0.2) is 16.5 Å². The zero-order chi connectivity index (χ0) is 12.9. The van der Waals surface area contributed by atoms with Crippen LogP contribution in [0.3, 0.4) is 0 Å². The third kappa shape index (κ3) is 1.78. The van der Waals surface area contributed by atoms with Gasteiger partial charge in [0.2, 0.25) is 0 Å². The Bertz CT molecular complexity index is 706. The van der Waals surface area contributed by atoms with Crippen molar-refractivity contribution in [1.29, 1.82) is 0 Å². The van der Waals surface area contributed by atoms with Crippen molar-refractivity contribution in [1.82, 2.24) is 15.0 Å². The predicted molar refractivity (Wildman–Crippen MR) is 71.1 cm³/mol. The van der Waals surface area contributed by atoms with Crippen molar-refractivity contribution in [3.63, 3.8) is 0 Å². The lowest BCUT2D eigenvalue weighted by atomic mass is 10.3. The van der Waals surface area contributed by atoms with Crippen LogP contribution in [0.5, 0.6) is 0 Å². The number of hydrogen-bond donors (Lipinski definition) is 1. The molecule has 0 saturated carbocycles. The number of nitrogens with zero attached hydrogens (tertiary/aromatic N) is 2. The van der Waals surface area contributed by atoms with E-state index in [9.17, 15) is 0 Å². The minimum atomic E-state index is 0.479. The zero-order valence-corrected chi connectivity index (χ0v) is 11.2. The molecule has 0 spiro atoms. The lowest BCUT2D eigenvalue weighted by Crippen LogP contribution is -1.80. The van der Waals surface area contributed by atoms with Gasteiger partial charge in [-0.2, -0.15) is 0 Å². The van der Waals surface area contributed by atoms with Gasteiger partial charge in [-0.25, -0.2) is 9.97 Å². The van der Waals surface area contributed by atoms with E-state index < -0.39 is 0 Å². The molecule has 2 aromatic heterocycles. The first-order chi connectivity index (χ1) is 8.54. The Labute approximate surface area is 113 Å². The van der Waals surface area contributed by atoms with Crippen molar-refractivity contribution >= 4 is 34.2 Å². The van der Waals surface area contributed by atoms with Crippen LogP contribution in [0.25, 0.3) is 22.6 Å². The van der Waals surface area contributed by atoms with Crippen molar-refractivity contribution in [3.8, 4) is 11.6 Å². The Morgan fingerprint density at radius 1 is 1.11 bits per heavy atom. The molecule has 0 atom stereocenters. The molecule has 1 N–H and O–H groups in total. The maximum Gasteiger partial charge on any atom is 0.192 e. The summed E-state index contributed by atoms with van der Waals surface area (Å²) in [5.41, 5.74) is 2.35. The molecule has 3 aromatic rings. The first kappa shape index (κ1) is 11.6. The Balaban J connectivity index is 2.22. The second-order valence-electron chi connectivity index (χ2n) is 4.02. The summed E-state index contributed by atoms with van der Waals surface area (Å²) >= 11 is 11.9. The van der Waals surface area contributed by atoms with E-state index in [1.54, 1.807) is 19.1 Å². The SMILES string of the molecule is Cc1nc(C)c(-c2nc3cc(Cl)c(Cl)cc3[nH]2)o1. The van der Waals surface area contributed by atoms with Gasteiger partial charge in [0.15, 0.2) is 17.5 Å². The van der Waals surface area contributed by atoms with Crippen molar-refractivity contribution in [3.05, 3.63) is 33.8 Å². The van der Waals surface area contributed by atoms with Gasteiger partial charge in [0.1, 0.15) is 0 Å². The molecule has 0 aliphatic carbocycles. The third-order valence-electron chi connectivity index (χ3n) is 2.64. The maximum atomic E-state index is 5.96. The quantitative estimate of drug-likeness (QED) is 0.729. The maximum absolute atomic E-state index is 5.96. The van der Waals surface area contributed by atoms with Gasteiger partial charge < -0.3 is 9.40 Å². The monoisotopic (exact) mass is 281 g/mol. The van der Waals surface area contributed by atoms with Crippen LogP contribution in [0.4, 0.5) is 0 Å². The van der Waals surface area contributed by atoms with Crippen LogP contribution in [0.2, 0.25) is 10.0 Å². The van der Waals surface area contributed by atoms with Crippen LogP contribution in [0.1, 0.15) is 11.6 Å². The standard InChI is InChI=1S/C12H9Cl2N3O/c1-5-11(18-6(2)15-5)12-16-9-3-7(13)8(14)4-10(9)17-12/h3-4H,1-2H3,(H,16,17). The second kappa shape index (κ2) is 4.00. The molecule has 3 rings (SSSR count). The lowest BCUT2D eigenvalue weighted by molar-refractivity contribution is 0.531. The van der Waals surface area contributed by atoms with Gasteiger partial charge in [0.05, 0.1) is 26.8 Å². The number of rotatable bonds is 1. The highest BCUT2D eigenvalue weighted by atomic mass is 35.5. The molecule has 0 aliphatic heterocycles. The normalized spacial score (nSPS) is 11.3. The molecule has 4 nitrogen and oxygen atoms in total. The van der Waals surface area contributed by atoms with E-state index in [2.05, 4.69) is 15.0 Å². The van der Waals surface area contributed by atoms with Crippen molar-refractivity contribution in [2.45, 2.75) is 13.8 Å². The highest BCUT2D eigenvalue weighted by Gasteiger charge is 2.14. The minimum Gasteiger partial charge on any atom is -0.437 e. The number of benzene rings is 1. The third-order valence-corrected chi connectivity index (χ3v) is 3.36.